The van der Waals surface area contributed by atoms with Gasteiger partial charge in [0.25, 0.3) is 0 Å². The first-order valence-electron chi connectivity index (χ1n) is 7.69. The fourth-order valence-corrected chi connectivity index (χ4v) is 2.85. The molecule has 1 fully saturated rings. The van der Waals surface area contributed by atoms with Gasteiger partial charge < -0.3 is 15.7 Å². The molecule has 0 spiro atoms. The van der Waals surface area contributed by atoms with Gasteiger partial charge >= 0.3 is 0 Å². The van der Waals surface area contributed by atoms with E-state index >= 15 is 0 Å². The molecule has 0 radical (unpaired) electrons. The smallest absolute Gasteiger partial charge is 0.0608 e. The van der Waals surface area contributed by atoms with Crippen molar-refractivity contribution in [1.82, 2.24) is 4.90 Å². The van der Waals surface area contributed by atoms with Crippen molar-refractivity contribution in [3.63, 3.8) is 0 Å². The van der Waals surface area contributed by atoms with Crippen molar-refractivity contribution in [2.24, 2.45) is 11.7 Å². The Morgan fingerprint density at radius 2 is 1.94 bits per heavy atom. The maximum absolute atomic E-state index is 9.09. The highest BCUT2D eigenvalue weighted by Gasteiger charge is 2.19. The van der Waals surface area contributed by atoms with Crippen molar-refractivity contribution >= 4 is 0 Å². The summed E-state index contributed by atoms with van der Waals surface area (Å²) in [7, 11) is 0. The number of unbranched alkanes of at least 4 members (excludes halogenated alkanes) is 1. The van der Waals surface area contributed by atoms with Crippen LogP contribution in [-0.2, 0) is 0 Å². The summed E-state index contributed by atoms with van der Waals surface area (Å²) in [6, 6.07) is 0. The van der Waals surface area contributed by atoms with Crippen molar-refractivity contribution in [2.45, 2.75) is 64.3 Å². The van der Waals surface area contributed by atoms with Crippen molar-refractivity contribution in [3.8, 4) is 0 Å². The SMILES string of the molecule is CCCC1CCN(CCCCC(C)(N)CO)CC1. The van der Waals surface area contributed by atoms with Gasteiger partial charge in [-0.1, -0.05) is 26.2 Å². The molecule has 0 bridgehead atoms. The van der Waals surface area contributed by atoms with Gasteiger partial charge in [-0.3, -0.25) is 0 Å². The van der Waals surface area contributed by atoms with E-state index in [4.69, 9.17) is 10.8 Å². The molecule has 3 heteroatoms. The molecule has 1 rings (SSSR count). The summed E-state index contributed by atoms with van der Waals surface area (Å²) in [4.78, 5) is 2.60. The first kappa shape index (κ1) is 15.9. The molecule has 1 saturated heterocycles. The minimum atomic E-state index is -0.381. The first-order valence-corrected chi connectivity index (χ1v) is 7.69. The fourth-order valence-electron chi connectivity index (χ4n) is 2.85. The molecule has 3 nitrogen and oxygen atoms in total. The topological polar surface area (TPSA) is 49.5 Å². The van der Waals surface area contributed by atoms with Crippen LogP contribution in [-0.4, -0.2) is 41.8 Å². The predicted molar refractivity (Wildman–Crippen MR) is 77.6 cm³/mol. The second-order valence-corrected chi connectivity index (χ2v) is 6.34. The van der Waals surface area contributed by atoms with Crippen LogP contribution in [0.1, 0.15) is 58.8 Å². The van der Waals surface area contributed by atoms with Gasteiger partial charge in [0, 0.05) is 5.54 Å². The summed E-state index contributed by atoms with van der Waals surface area (Å²) in [5.74, 6) is 0.980. The van der Waals surface area contributed by atoms with E-state index in [9.17, 15) is 0 Å². The molecule has 0 aliphatic carbocycles. The lowest BCUT2D eigenvalue weighted by atomic mass is 9.92. The molecule has 1 unspecified atom stereocenters. The minimum Gasteiger partial charge on any atom is -0.394 e. The first-order chi connectivity index (χ1) is 8.57. The van der Waals surface area contributed by atoms with Crippen molar-refractivity contribution < 1.29 is 5.11 Å². The van der Waals surface area contributed by atoms with Crippen LogP contribution in [0, 0.1) is 5.92 Å². The number of likely N-dealkylation sites (tertiary alicyclic amines) is 1. The number of hydrogen-bond acceptors (Lipinski definition) is 3. The normalized spacial score (nSPS) is 22.0. The number of nitrogens with two attached hydrogens (primary N) is 1. The summed E-state index contributed by atoms with van der Waals surface area (Å²) in [5, 5.41) is 9.09. The zero-order valence-electron chi connectivity index (χ0n) is 12.3. The number of piperidine rings is 1. The summed E-state index contributed by atoms with van der Waals surface area (Å²) < 4.78 is 0. The molecule has 1 aliphatic heterocycles. The van der Waals surface area contributed by atoms with Crippen LogP contribution < -0.4 is 5.73 Å². The van der Waals surface area contributed by atoms with Crippen molar-refractivity contribution in [3.05, 3.63) is 0 Å². The van der Waals surface area contributed by atoms with Crippen molar-refractivity contribution in [1.29, 1.82) is 0 Å². The summed E-state index contributed by atoms with van der Waals surface area (Å²) >= 11 is 0. The Morgan fingerprint density at radius 3 is 2.50 bits per heavy atom. The third kappa shape index (κ3) is 6.17. The average Bonchev–Trinajstić information content (AvgIpc) is 2.37. The van der Waals surface area contributed by atoms with Gasteiger partial charge in [-0.05, 0) is 58.2 Å². The van der Waals surface area contributed by atoms with E-state index in [1.807, 2.05) is 6.92 Å². The van der Waals surface area contributed by atoms with Gasteiger partial charge in [-0.2, -0.15) is 0 Å². The molecule has 18 heavy (non-hydrogen) atoms. The average molecular weight is 256 g/mol. The molecular formula is C15H32N2O. The van der Waals surface area contributed by atoms with Crippen LogP contribution in [0.25, 0.3) is 0 Å². The number of rotatable bonds is 8. The maximum atomic E-state index is 9.09. The summed E-state index contributed by atoms with van der Waals surface area (Å²) in [5.41, 5.74) is 5.54. The lowest BCUT2D eigenvalue weighted by Gasteiger charge is -2.32. The van der Waals surface area contributed by atoms with E-state index in [1.165, 1.54) is 51.7 Å². The highest BCUT2D eigenvalue weighted by atomic mass is 16.3. The maximum Gasteiger partial charge on any atom is 0.0608 e. The number of hydrogen-bond donors (Lipinski definition) is 2. The van der Waals surface area contributed by atoms with E-state index in [-0.39, 0.29) is 12.1 Å². The summed E-state index contributed by atoms with van der Waals surface area (Å²) in [6.07, 6.45) is 8.79. The Bertz CT molecular complexity index is 211. The second-order valence-electron chi connectivity index (χ2n) is 6.34. The van der Waals surface area contributed by atoms with E-state index in [0.717, 1.165) is 18.8 Å². The van der Waals surface area contributed by atoms with E-state index in [0.29, 0.717) is 0 Å². The van der Waals surface area contributed by atoms with Gasteiger partial charge in [-0.15, -0.1) is 0 Å². The molecule has 0 amide bonds. The Morgan fingerprint density at radius 1 is 1.28 bits per heavy atom. The van der Waals surface area contributed by atoms with Crippen LogP contribution in [0.3, 0.4) is 0 Å². The van der Waals surface area contributed by atoms with E-state index in [2.05, 4.69) is 11.8 Å². The number of aliphatic hydroxyl groups is 1. The Kier molecular flexibility index (Phi) is 7.20. The molecule has 0 saturated carbocycles. The van der Waals surface area contributed by atoms with E-state index in [1.54, 1.807) is 0 Å². The van der Waals surface area contributed by atoms with Gasteiger partial charge in [0.15, 0.2) is 0 Å². The molecule has 1 heterocycles. The van der Waals surface area contributed by atoms with E-state index < -0.39 is 0 Å². The minimum absolute atomic E-state index is 0.0927. The Labute approximate surface area is 113 Å². The van der Waals surface area contributed by atoms with Gasteiger partial charge in [-0.25, -0.2) is 0 Å². The molecule has 1 atom stereocenters. The zero-order chi connectivity index (χ0) is 13.4. The quantitative estimate of drug-likeness (QED) is 0.656. The molecule has 0 aromatic carbocycles. The molecule has 3 N–H and O–H groups in total. The molecule has 0 aromatic rings. The largest absolute Gasteiger partial charge is 0.394 e. The lowest BCUT2D eigenvalue weighted by molar-refractivity contribution is 0.168. The zero-order valence-corrected chi connectivity index (χ0v) is 12.3. The molecule has 1 aliphatic rings. The lowest BCUT2D eigenvalue weighted by Crippen LogP contribution is -2.40. The summed E-state index contributed by atoms with van der Waals surface area (Å²) in [6.45, 7) is 8.09. The third-order valence-corrected chi connectivity index (χ3v) is 4.24. The van der Waals surface area contributed by atoms with Gasteiger partial charge in [0.05, 0.1) is 6.61 Å². The second kappa shape index (κ2) is 8.13. The Balaban J connectivity index is 2.04. The monoisotopic (exact) mass is 256 g/mol. The van der Waals surface area contributed by atoms with Crippen LogP contribution in [0.15, 0.2) is 0 Å². The molecule has 0 aromatic heterocycles. The molecule has 108 valence electrons. The van der Waals surface area contributed by atoms with Crippen LogP contribution in [0.5, 0.6) is 0 Å². The van der Waals surface area contributed by atoms with Crippen molar-refractivity contribution in [2.75, 3.05) is 26.2 Å². The fraction of sp³-hybridized carbons (Fsp3) is 1.00. The number of aliphatic hydroxyl groups excluding tert-OH is 1. The number of nitrogens with zero attached hydrogens (tertiary/aromatic N) is 1. The predicted octanol–water partition coefficient (Wildman–Crippen LogP) is 2.38. The highest BCUT2D eigenvalue weighted by Crippen LogP contribution is 2.22. The van der Waals surface area contributed by atoms with Gasteiger partial charge in [0.2, 0.25) is 0 Å². The molecular weight excluding hydrogens is 224 g/mol. The Hall–Kier alpha value is -0.120. The standard InChI is InChI=1S/C15H32N2O/c1-3-6-14-7-11-17(12-8-14)10-5-4-9-15(2,16)13-18/h14,18H,3-13,16H2,1-2H3. The van der Waals surface area contributed by atoms with Gasteiger partial charge in [0.1, 0.15) is 0 Å². The highest BCUT2D eigenvalue weighted by molar-refractivity contribution is 4.77. The van der Waals surface area contributed by atoms with Crippen LogP contribution in [0.2, 0.25) is 0 Å². The third-order valence-electron chi connectivity index (χ3n) is 4.24. The van der Waals surface area contributed by atoms with Crippen LogP contribution in [0.4, 0.5) is 0 Å². The van der Waals surface area contributed by atoms with Crippen LogP contribution >= 0.6 is 0 Å².